The quantitative estimate of drug-likeness (QED) is 0.779. The van der Waals surface area contributed by atoms with Crippen LogP contribution < -0.4 is 5.73 Å². The molecule has 1 saturated heterocycles. The van der Waals surface area contributed by atoms with Crippen LogP contribution in [0, 0.1) is 17.7 Å². The molecule has 2 N–H and O–H groups in total. The predicted molar refractivity (Wildman–Crippen MR) is 73.7 cm³/mol. The third-order valence-corrected chi connectivity index (χ3v) is 3.04. The summed E-state index contributed by atoms with van der Waals surface area (Å²) in [5.41, 5.74) is 5.86. The van der Waals surface area contributed by atoms with E-state index in [0.29, 0.717) is 31.9 Å². The molecule has 0 aromatic heterocycles. The van der Waals surface area contributed by atoms with Gasteiger partial charge in [0.1, 0.15) is 5.82 Å². The molecule has 0 saturated carbocycles. The molecule has 1 aromatic carbocycles. The van der Waals surface area contributed by atoms with Crippen LogP contribution in [0.25, 0.3) is 0 Å². The molecule has 0 bridgehead atoms. The molecule has 1 aromatic rings. The van der Waals surface area contributed by atoms with E-state index in [-0.39, 0.29) is 18.0 Å². The maximum atomic E-state index is 14.0. The molecular formula is C15H17FN2O2. The van der Waals surface area contributed by atoms with Crippen LogP contribution >= 0.6 is 0 Å². The molecule has 0 radical (unpaired) electrons. The van der Waals surface area contributed by atoms with Gasteiger partial charge in [-0.05, 0) is 24.6 Å². The van der Waals surface area contributed by atoms with Crippen molar-refractivity contribution in [1.29, 1.82) is 0 Å². The lowest BCUT2D eigenvalue weighted by Gasteiger charge is -2.19. The van der Waals surface area contributed by atoms with Gasteiger partial charge in [0.25, 0.3) is 5.91 Å². The summed E-state index contributed by atoms with van der Waals surface area (Å²) in [5.74, 6) is 4.54. The van der Waals surface area contributed by atoms with Crippen molar-refractivity contribution in [2.24, 2.45) is 5.73 Å². The standard InChI is InChI=1S/C15H17FN2O2/c16-14-11-12(3-1-6-17)4-5-13(14)15(19)18-7-2-9-20-10-8-18/h4-5,11H,2,6-10,17H2. The van der Waals surface area contributed by atoms with Crippen LogP contribution in [0.2, 0.25) is 0 Å². The number of rotatable bonds is 1. The first kappa shape index (κ1) is 14.5. The second-order valence-corrected chi connectivity index (χ2v) is 4.46. The van der Waals surface area contributed by atoms with Gasteiger partial charge < -0.3 is 15.4 Å². The van der Waals surface area contributed by atoms with Crippen LogP contribution in [0.3, 0.4) is 0 Å². The number of carbonyl (C=O) groups excluding carboxylic acids is 1. The highest BCUT2D eigenvalue weighted by molar-refractivity contribution is 5.94. The Hall–Kier alpha value is -1.90. The second kappa shape index (κ2) is 7.04. The predicted octanol–water partition coefficient (Wildman–Crippen LogP) is 0.998. The first-order valence-corrected chi connectivity index (χ1v) is 6.58. The number of benzene rings is 1. The monoisotopic (exact) mass is 276 g/mol. The van der Waals surface area contributed by atoms with Crippen LogP contribution in [0.4, 0.5) is 4.39 Å². The summed E-state index contributed by atoms with van der Waals surface area (Å²) in [7, 11) is 0. The number of nitrogens with two attached hydrogens (primary N) is 1. The van der Waals surface area contributed by atoms with Crippen molar-refractivity contribution in [2.75, 3.05) is 32.8 Å². The lowest BCUT2D eigenvalue weighted by molar-refractivity contribution is 0.0736. The molecule has 2 rings (SSSR count). The van der Waals surface area contributed by atoms with E-state index in [4.69, 9.17) is 10.5 Å². The van der Waals surface area contributed by atoms with Crippen molar-refractivity contribution < 1.29 is 13.9 Å². The molecule has 1 aliphatic rings. The summed E-state index contributed by atoms with van der Waals surface area (Å²) in [6.45, 7) is 2.43. The molecule has 0 spiro atoms. The average Bonchev–Trinajstić information content (AvgIpc) is 2.73. The van der Waals surface area contributed by atoms with E-state index < -0.39 is 5.82 Å². The van der Waals surface area contributed by atoms with E-state index in [1.54, 1.807) is 11.0 Å². The van der Waals surface area contributed by atoms with Gasteiger partial charge in [-0.3, -0.25) is 4.79 Å². The minimum absolute atomic E-state index is 0.0743. The number of nitrogens with zero attached hydrogens (tertiary/aromatic N) is 1. The lowest BCUT2D eigenvalue weighted by atomic mass is 10.1. The molecule has 1 aliphatic heterocycles. The largest absolute Gasteiger partial charge is 0.380 e. The molecule has 0 atom stereocenters. The van der Waals surface area contributed by atoms with Gasteiger partial charge in [0.05, 0.1) is 18.7 Å². The smallest absolute Gasteiger partial charge is 0.256 e. The minimum atomic E-state index is -0.552. The number of carbonyl (C=O) groups is 1. The Morgan fingerprint density at radius 1 is 1.40 bits per heavy atom. The molecule has 20 heavy (non-hydrogen) atoms. The number of halogens is 1. The fraction of sp³-hybridized carbons (Fsp3) is 0.400. The van der Waals surface area contributed by atoms with Gasteiger partial charge in [0, 0.05) is 25.3 Å². The summed E-state index contributed by atoms with van der Waals surface area (Å²) in [6, 6.07) is 4.38. The van der Waals surface area contributed by atoms with Crippen LogP contribution in [0.1, 0.15) is 22.3 Å². The summed E-state index contributed by atoms with van der Waals surface area (Å²) in [6.07, 6.45) is 0.771. The van der Waals surface area contributed by atoms with Crippen LogP contribution in [0.5, 0.6) is 0 Å². The van der Waals surface area contributed by atoms with Crippen LogP contribution in [-0.4, -0.2) is 43.7 Å². The van der Waals surface area contributed by atoms with Crippen molar-refractivity contribution >= 4 is 5.91 Å². The van der Waals surface area contributed by atoms with Crippen molar-refractivity contribution in [1.82, 2.24) is 4.90 Å². The molecule has 1 fully saturated rings. The van der Waals surface area contributed by atoms with Crippen LogP contribution in [0.15, 0.2) is 18.2 Å². The van der Waals surface area contributed by atoms with Gasteiger partial charge in [-0.15, -0.1) is 0 Å². The van der Waals surface area contributed by atoms with Gasteiger partial charge in [-0.25, -0.2) is 4.39 Å². The van der Waals surface area contributed by atoms with Gasteiger partial charge in [-0.2, -0.15) is 0 Å². The zero-order valence-electron chi connectivity index (χ0n) is 11.2. The Morgan fingerprint density at radius 3 is 3.00 bits per heavy atom. The number of hydrogen-bond acceptors (Lipinski definition) is 3. The van der Waals surface area contributed by atoms with Gasteiger partial charge in [0.15, 0.2) is 0 Å². The molecule has 1 heterocycles. The second-order valence-electron chi connectivity index (χ2n) is 4.46. The first-order valence-electron chi connectivity index (χ1n) is 6.58. The zero-order valence-corrected chi connectivity index (χ0v) is 11.2. The highest BCUT2D eigenvalue weighted by Crippen LogP contribution is 2.14. The van der Waals surface area contributed by atoms with Gasteiger partial charge in [-0.1, -0.05) is 11.8 Å². The van der Waals surface area contributed by atoms with Crippen molar-refractivity contribution in [3.8, 4) is 11.8 Å². The molecular weight excluding hydrogens is 259 g/mol. The third-order valence-electron chi connectivity index (χ3n) is 3.04. The zero-order chi connectivity index (χ0) is 14.4. The van der Waals surface area contributed by atoms with Gasteiger partial charge >= 0.3 is 0 Å². The fourth-order valence-corrected chi connectivity index (χ4v) is 2.04. The van der Waals surface area contributed by atoms with Crippen molar-refractivity contribution in [2.45, 2.75) is 6.42 Å². The number of hydrogen-bond donors (Lipinski definition) is 1. The van der Waals surface area contributed by atoms with Crippen molar-refractivity contribution in [3.05, 3.63) is 35.1 Å². The molecule has 5 heteroatoms. The topological polar surface area (TPSA) is 55.6 Å². The highest BCUT2D eigenvalue weighted by Gasteiger charge is 2.20. The summed E-state index contributed by atoms with van der Waals surface area (Å²) >= 11 is 0. The SMILES string of the molecule is NCC#Cc1ccc(C(=O)N2CCCOCC2)c(F)c1. The Kier molecular flexibility index (Phi) is 5.10. The molecule has 4 nitrogen and oxygen atoms in total. The van der Waals surface area contributed by atoms with E-state index in [1.807, 2.05) is 0 Å². The Labute approximate surface area is 117 Å². The highest BCUT2D eigenvalue weighted by atomic mass is 19.1. The summed E-state index contributed by atoms with van der Waals surface area (Å²) < 4.78 is 19.3. The Morgan fingerprint density at radius 2 is 2.25 bits per heavy atom. The fourth-order valence-electron chi connectivity index (χ4n) is 2.04. The molecule has 0 unspecified atom stereocenters. The maximum absolute atomic E-state index is 14.0. The molecule has 0 aliphatic carbocycles. The average molecular weight is 276 g/mol. The molecule has 106 valence electrons. The van der Waals surface area contributed by atoms with Gasteiger partial charge in [0.2, 0.25) is 0 Å². The van der Waals surface area contributed by atoms with E-state index in [1.165, 1.54) is 12.1 Å². The lowest BCUT2D eigenvalue weighted by Crippen LogP contribution is -2.33. The van der Waals surface area contributed by atoms with E-state index >= 15 is 0 Å². The summed E-state index contributed by atoms with van der Waals surface area (Å²) in [5, 5.41) is 0. The van der Waals surface area contributed by atoms with E-state index in [2.05, 4.69) is 11.8 Å². The normalized spacial score (nSPS) is 15.2. The maximum Gasteiger partial charge on any atom is 0.256 e. The van der Waals surface area contributed by atoms with Crippen molar-refractivity contribution in [3.63, 3.8) is 0 Å². The Bertz CT molecular complexity index is 541. The summed E-state index contributed by atoms with van der Waals surface area (Å²) in [4.78, 5) is 13.9. The van der Waals surface area contributed by atoms with E-state index in [9.17, 15) is 9.18 Å². The molecule has 1 amide bonds. The Balaban J connectivity index is 2.17. The minimum Gasteiger partial charge on any atom is -0.380 e. The van der Waals surface area contributed by atoms with E-state index in [0.717, 1.165) is 6.42 Å². The third kappa shape index (κ3) is 3.56. The first-order chi connectivity index (χ1) is 9.72. The number of ether oxygens (including phenoxy) is 1. The van der Waals surface area contributed by atoms with Crippen LogP contribution in [-0.2, 0) is 4.74 Å². The number of amides is 1.